The van der Waals surface area contributed by atoms with Crippen molar-refractivity contribution in [2.45, 2.75) is 89.7 Å². The first kappa shape index (κ1) is 40.0. The molecule has 1 saturated carbocycles. The van der Waals surface area contributed by atoms with Gasteiger partial charge in [0.25, 0.3) is 5.91 Å². The first-order valence-corrected chi connectivity index (χ1v) is 18.8. The minimum Gasteiger partial charge on any atom is -0.598 e. The summed E-state index contributed by atoms with van der Waals surface area (Å²) in [5.74, 6) is -1.56. The molecule has 0 aliphatic heterocycles. The van der Waals surface area contributed by atoms with E-state index in [1.165, 1.54) is 22.9 Å². The van der Waals surface area contributed by atoms with Gasteiger partial charge in [-0.1, -0.05) is 43.2 Å². The van der Waals surface area contributed by atoms with Gasteiger partial charge in [0.2, 0.25) is 5.91 Å². The number of nitrogens with zero attached hydrogens (tertiary/aromatic N) is 3. The summed E-state index contributed by atoms with van der Waals surface area (Å²) in [5, 5.41) is 19.4. The van der Waals surface area contributed by atoms with Gasteiger partial charge in [-0.3, -0.25) is 9.59 Å². The van der Waals surface area contributed by atoms with E-state index >= 15 is 4.39 Å². The molecule has 3 aromatic carbocycles. The summed E-state index contributed by atoms with van der Waals surface area (Å²) in [6, 6.07) is 21.2. The van der Waals surface area contributed by atoms with Crippen molar-refractivity contribution in [3.8, 4) is 11.8 Å². The van der Waals surface area contributed by atoms with E-state index in [9.17, 15) is 24.2 Å². The summed E-state index contributed by atoms with van der Waals surface area (Å²) in [6.45, 7) is 10.9. The number of aromatic nitrogens is 2. The van der Waals surface area contributed by atoms with E-state index in [-0.39, 0.29) is 23.6 Å². The molecule has 0 saturated heterocycles. The third-order valence-electron chi connectivity index (χ3n) is 8.86. The number of amides is 3. The van der Waals surface area contributed by atoms with Gasteiger partial charge in [0, 0.05) is 29.5 Å². The van der Waals surface area contributed by atoms with Crippen molar-refractivity contribution in [2.75, 3.05) is 5.32 Å². The van der Waals surface area contributed by atoms with Gasteiger partial charge in [-0.2, -0.15) is 10.4 Å². The van der Waals surface area contributed by atoms with Gasteiger partial charge in [0.15, 0.2) is 5.69 Å². The molecule has 5 rings (SSSR count). The topological polar surface area (TPSA) is 187 Å². The van der Waals surface area contributed by atoms with Gasteiger partial charge in [0.05, 0.1) is 11.4 Å². The second-order valence-corrected chi connectivity index (χ2v) is 17.4. The number of rotatable bonds is 13. The molecular weight excluding hydrogens is 710 g/mol. The molecule has 14 heteroatoms. The van der Waals surface area contributed by atoms with Crippen molar-refractivity contribution in [3.63, 3.8) is 0 Å². The Morgan fingerprint density at radius 2 is 1.70 bits per heavy atom. The van der Waals surface area contributed by atoms with E-state index in [4.69, 9.17) is 10.5 Å². The zero-order valence-electron chi connectivity index (χ0n) is 31.3. The number of nitriles is 1. The molecule has 5 N–H and O–H groups in total. The van der Waals surface area contributed by atoms with Gasteiger partial charge in [-0.25, -0.2) is 13.9 Å². The van der Waals surface area contributed by atoms with Crippen molar-refractivity contribution >= 4 is 35.0 Å². The van der Waals surface area contributed by atoms with Crippen LogP contribution in [0.2, 0.25) is 0 Å². The molecule has 1 aliphatic rings. The molecule has 54 heavy (non-hydrogen) atoms. The lowest BCUT2D eigenvalue weighted by Crippen LogP contribution is -2.52. The Kier molecular flexibility index (Phi) is 11.9. The molecule has 3 amide bonds. The number of carbonyl (C=O) groups is 3. The number of nitrogens with one attached hydrogen (secondary N) is 3. The fraction of sp³-hybridized carbons (Fsp3) is 0.375. The number of benzene rings is 3. The second kappa shape index (κ2) is 16.0. The molecule has 0 radical (unpaired) electrons. The standard InChI is InChI=1S/C40H46FN7O5S/c1-38(2,3)53-37(51)44-24-26-8-7-9-31(20-26)48-34(22-30(23-42)46-48)36(50)45-33-21-29(16-17-32(33)41)40(19-18-25-10-11-25,47-54(52)39(4,5)6)28-14-12-27(13-15-28)35(43)49/h7-9,12-17,20-22,25,47H,10-11,18-19,24H2,1-6H3,(H2,43,49)(H,44,51)(H,45,50). The number of nitrogens with two attached hydrogens (primary N) is 1. The summed E-state index contributed by atoms with van der Waals surface area (Å²) >= 11 is -1.60. The van der Waals surface area contributed by atoms with Crippen LogP contribution in [0.25, 0.3) is 5.69 Å². The fourth-order valence-corrected chi connectivity index (χ4v) is 6.80. The second-order valence-electron chi connectivity index (χ2n) is 15.4. The Morgan fingerprint density at radius 3 is 2.31 bits per heavy atom. The number of anilines is 1. The van der Waals surface area contributed by atoms with Crippen LogP contribution in [-0.4, -0.2) is 42.6 Å². The predicted octanol–water partition coefficient (Wildman–Crippen LogP) is 6.74. The smallest absolute Gasteiger partial charge is 0.407 e. The maximum atomic E-state index is 15.7. The summed E-state index contributed by atoms with van der Waals surface area (Å²) in [4.78, 5) is 38.1. The maximum Gasteiger partial charge on any atom is 0.407 e. The van der Waals surface area contributed by atoms with Crippen LogP contribution < -0.4 is 21.1 Å². The van der Waals surface area contributed by atoms with Crippen molar-refractivity contribution in [2.24, 2.45) is 11.7 Å². The maximum absolute atomic E-state index is 15.7. The van der Waals surface area contributed by atoms with Gasteiger partial charge in [0.1, 0.15) is 33.5 Å². The number of ether oxygens (including phenoxy) is 1. The number of carbonyl (C=O) groups excluding carboxylic acids is 3. The summed E-state index contributed by atoms with van der Waals surface area (Å²) in [7, 11) is 0. The lowest BCUT2D eigenvalue weighted by molar-refractivity contribution is 0.0523. The molecule has 1 aromatic heterocycles. The molecule has 0 spiro atoms. The first-order valence-electron chi connectivity index (χ1n) is 17.7. The third-order valence-corrected chi connectivity index (χ3v) is 10.5. The van der Waals surface area contributed by atoms with E-state index in [0.717, 1.165) is 19.3 Å². The average Bonchev–Trinajstić information content (AvgIpc) is 3.84. The SMILES string of the molecule is CC(C)(C)OC(=O)NCc1cccc(-n2nc(C#N)cc2C(=O)Nc2cc(C(CCC3CC3)(N[S+]([O-])C(C)(C)C)c3ccc(C(N)=O)cc3)ccc2F)c1. The predicted molar refractivity (Wildman–Crippen MR) is 204 cm³/mol. The van der Waals surface area contributed by atoms with Crippen molar-refractivity contribution in [1.82, 2.24) is 19.8 Å². The molecule has 1 aliphatic carbocycles. The van der Waals surface area contributed by atoms with Gasteiger partial charge in [-0.15, -0.1) is 4.72 Å². The van der Waals surface area contributed by atoms with Crippen molar-refractivity contribution in [1.29, 1.82) is 5.26 Å². The van der Waals surface area contributed by atoms with E-state index in [2.05, 4.69) is 20.5 Å². The van der Waals surface area contributed by atoms with Crippen molar-refractivity contribution < 1.29 is 28.1 Å². The number of primary amides is 1. The lowest BCUT2D eigenvalue weighted by Gasteiger charge is -2.39. The Hall–Kier alpha value is -5.23. The summed E-state index contributed by atoms with van der Waals surface area (Å²) in [5.41, 5.74) is 6.15. The highest BCUT2D eigenvalue weighted by molar-refractivity contribution is 7.90. The molecule has 1 heterocycles. The van der Waals surface area contributed by atoms with E-state index in [0.29, 0.717) is 40.3 Å². The first-order chi connectivity index (χ1) is 25.4. The monoisotopic (exact) mass is 755 g/mol. The van der Waals surface area contributed by atoms with E-state index in [1.807, 2.05) is 26.8 Å². The van der Waals surface area contributed by atoms with Gasteiger partial charge < -0.3 is 25.7 Å². The number of hydrogen-bond donors (Lipinski definition) is 4. The fourth-order valence-electron chi connectivity index (χ4n) is 5.84. The largest absolute Gasteiger partial charge is 0.598 e. The Bertz CT molecular complexity index is 2060. The van der Waals surface area contributed by atoms with Crippen LogP contribution >= 0.6 is 0 Å². The number of alkyl carbamates (subject to hydrolysis) is 1. The van der Waals surface area contributed by atoms with Crippen LogP contribution in [0, 0.1) is 23.1 Å². The zero-order valence-corrected chi connectivity index (χ0v) is 32.1. The average molecular weight is 756 g/mol. The van der Waals surface area contributed by atoms with Crippen LogP contribution in [0.3, 0.4) is 0 Å². The van der Waals surface area contributed by atoms with Crippen LogP contribution in [0.1, 0.15) is 110 Å². The normalized spacial score (nSPS) is 14.7. The summed E-state index contributed by atoms with van der Waals surface area (Å²) < 4.78 is 38.8. The third kappa shape index (κ3) is 9.84. The Balaban J connectivity index is 1.51. The number of halogens is 1. The van der Waals surface area contributed by atoms with Gasteiger partial charge >= 0.3 is 6.09 Å². The molecule has 12 nitrogen and oxygen atoms in total. The highest BCUT2D eigenvalue weighted by Gasteiger charge is 2.43. The molecule has 284 valence electrons. The molecule has 2 atom stereocenters. The lowest BCUT2D eigenvalue weighted by atomic mass is 9.79. The van der Waals surface area contributed by atoms with Crippen LogP contribution in [0.15, 0.2) is 72.8 Å². The van der Waals surface area contributed by atoms with Crippen LogP contribution in [0.5, 0.6) is 0 Å². The minimum absolute atomic E-state index is 0.0393. The number of hydrogen-bond acceptors (Lipinski definition) is 8. The molecule has 1 fully saturated rings. The molecule has 0 bridgehead atoms. The van der Waals surface area contributed by atoms with Crippen LogP contribution in [0.4, 0.5) is 14.9 Å². The highest BCUT2D eigenvalue weighted by Crippen LogP contribution is 2.43. The van der Waals surface area contributed by atoms with E-state index < -0.39 is 51.0 Å². The minimum atomic E-state index is -1.60. The van der Waals surface area contributed by atoms with Gasteiger partial charge in [-0.05, 0) is 113 Å². The molecular formula is C40H46FN7O5S. The quantitative estimate of drug-likeness (QED) is 0.108. The van der Waals surface area contributed by atoms with Crippen LogP contribution in [-0.2, 0) is 28.2 Å². The Labute approximate surface area is 318 Å². The molecule has 2 unspecified atom stereocenters. The highest BCUT2D eigenvalue weighted by atomic mass is 32.2. The van der Waals surface area contributed by atoms with Crippen molar-refractivity contribution in [3.05, 3.63) is 112 Å². The Morgan fingerprint density at radius 1 is 1.02 bits per heavy atom. The molecule has 4 aromatic rings. The van der Waals surface area contributed by atoms with E-state index in [1.54, 1.807) is 75.4 Å². The summed E-state index contributed by atoms with van der Waals surface area (Å²) in [6.07, 6.45) is 2.83. The zero-order chi connectivity index (χ0) is 39.4.